The molecule has 4 aromatic carbocycles. The molecule has 2 N–H and O–H groups in total. The fraction of sp³-hybridized carbons (Fsp3) is 0.413. The lowest BCUT2D eigenvalue weighted by atomic mass is 10.0. The van der Waals surface area contributed by atoms with Crippen molar-refractivity contribution < 1.29 is 18.9 Å². The summed E-state index contributed by atoms with van der Waals surface area (Å²) in [6.45, 7) is 27.5. The zero-order valence-electron chi connectivity index (χ0n) is 52.7. The average molecular weight is 1160 g/mol. The van der Waals surface area contributed by atoms with Gasteiger partial charge in [-0.05, 0) is 184 Å². The van der Waals surface area contributed by atoms with Crippen LogP contribution in [0.4, 0.5) is 0 Å². The van der Waals surface area contributed by atoms with Crippen molar-refractivity contribution in [1.29, 1.82) is 0 Å². The lowest BCUT2D eigenvalue weighted by Gasteiger charge is -2.17. The molecule has 9 rings (SSSR count). The molecule has 11 heteroatoms. The van der Waals surface area contributed by atoms with Gasteiger partial charge in [-0.2, -0.15) is 0 Å². The summed E-state index contributed by atoms with van der Waals surface area (Å²) in [7, 11) is 0. The second-order valence-corrected chi connectivity index (χ2v) is 22.6. The summed E-state index contributed by atoms with van der Waals surface area (Å²) in [5.41, 5.74) is 15.2. The second-order valence-electron chi connectivity index (χ2n) is 22.6. The predicted molar refractivity (Wildman–Crippen MR) is 362 cm³/mol. The van der Waals surface area contributed by atoms with Gasteiger partial charge in [0.05, 0.1) is 49.2 Å². The molecule has 0 atom stereocenters. The van der Waals surface area contributed by atoms with Gasteiger partial charge in [0.15, 0.2) is 0 Å². The van der Waals surface area contributed by atoms with Crippen molar-refractivity contribution in [1.82, 2.24) is 34.6 Å². The topological polar surface area (TPSA) is 104 Å². The SMILES string of the molecule is CCCCCCCCCCOc1ccc(-c2c3nc(c(-c4ccc(OCCCN(CC)CC)cc4)c4ccc([nH]4)c(-c4ccc(OCCCN(CC)CC)cc4)c4nc(c(-c5ccc(OCCCN(CC)CC)cc5)c5ccc2[nH]5)C=C4)C=C3)cc1. The highest BCUT2D eigenvalue weighted by molar-refractivity contribution is 6.00. The van der Waals surface area contributed by atoms with Gasteiger partial charge < -0.3 is 43.6 Å². The van der Waals surface area contributed by atoms with E-state index in [9.17, 15) is 0 Å². The number of H-pyrrole nitrogens is 2. The number of nitrogens with one attached hydrogen (secondary N) is 2. The van der Waals surface area contributed by atoms with E-state index >= 15 is 0 Å². The molecule has 0 radical (unpaired) electrons. The van der Waals surface area contributed by atoms with Gasteiger partial charge in [0.1, 0.15) is 23.0 Å². The van der Waals surface area contributed by atoms with Crippen LogP contribution in [-0.2, 0) is 0 Å². The monoisotopic (exact) mass is 1160 g/mol. The number of fused-ring (bicyclic) bond motifs is 8. The van der Waals surface area contributed by atoms with E-state index in [4.69, 9.17) is 28.9 Å². The standard InChI is InChI=1S/C75H95N7O4/c1-8-15-16-17-18-19-20-21-52-83-60-33-25-56(26-34-60)72-64-41-43-66(76-64)73(57-27-35-61(36-28-57)84-53-22-49-80(9-2)10-3)68-45-47-70(78-68)75(59-31-39-63(40-32-59)86-55-24-51-82(13-6)14-7)71-48-46-69(79-71)74(67-44-42-65(72)77-67)58-29-37-62(38-30-58)85-54-23-50-81(11-4)12-5/h25-48,76,79H,8-24,49-55H2,1-7H3. The summed E-state index contributed by atoms with van der Waals surface area (Å²) in [5, 5.41) is 0. The Morgan fingerprint density at radius 1 is 0.291 bits per heavy atom. The number of aromatic nitrogens is 4. The van der Waals surface area contributed by atoms with Crippen LogP contribution in [0.2, 0.25) is 0 Å². The van der Waals surface area contributed by atoms with Gasteiger partial charge in [-0.25, -0.2) is 9.97 Å². The summed E-state index contributed by atoms with van der Waals surface area (Å²) in [4.78, 5) is 26.4. The highest BCUT2D eigenvalue weighted by Gasteiger charge is 2.20. The van der Waals surface area contributed by atoms with Gasteiger partial charge in [-0.3, -0.25) is 0 Å². The minimum absolute atomic E-state index is 0.656. The van der Waals surface area contributed by atoms with Crippen molar-refractivity contribution in [3.8, 4) is 67.5 Å². The number of ether oxygens (including phenoxy) is 4. The molecule has 0 amide bonds. The van der Waals surface area contributed by atoms with Crippen LogP contribution in [0.15, 0.2) is 121 Å². The fourth-order valence-corrected chi connectivity index (χ4v) is 11.8. The number of aromatic amines is 2. The van der Waals surface area contributed by atoms with Crippen molar-refractivity contribution in [2.24, 2.45) is 0 Å². The second kappa shape index (κ2) is 32.9. The molecule has 0 saturated carbocycles. The van der Waals surface area contributed by atoms with Crippen molar-refractivity contribution in [3.63, 3.8) is 0 Å². The number of benzene rings is 4. The van der Waals surface area contributed by atoms with E-state index < -0.39 is 0 Å². The third-order valence-corrected chi connectivity index (χ3v) is 16.9. The minimum atomic E-state index is 0.656. The van der Waals surface area contributed by atoms with Crippen molar-refractivity contribution in [2.75, 3.05) is 85.3 Å². The molecule has 8 bridgehead atoms. The molecule has 0 unspecified atom stereocenters. The smallest absolute Gasteiger partial charge is 0.119 e. The fourth-order valence-electron chi connectivity index (χ4n) is 11.8. The Bertz CT molecular complexity index is 3360. The summed E-state index contributed by atoms with van der Waals surface area (Å²) >= 11 is 0. The van der Waals surface area contributed by atoms with Crippen molar-refractivity contribution in [2.45, 2.75) is 119 Å². The molecule has 0 spiro atoms. The number of rotatable bonds is 35. The lowest BCUT2D eigenvalue weighted by Crippen LogP contribution is -2.25. The Balaban J connectivity index is 1.17. The molecule has 11 nitrogen and oxygen atoms in total. The van der Waals surface area contributed by atoms with Crippen LogP contribution in [0.3, 0.4) is 0 Å². The van der Waals surface area contributed by atoms with Gasteiger partial charge in [0, 0.05) is 64.0 Å². The van der Waals surface area contributed by atoms with E-state index in [1.165, 1.54) is 44.9 Å². The molecular formula is C75H95N7O4. The highest BCUT2D eigenvalue weighted by atomic mass is 16.5. The van der Waals surface area contributed by atoms with Crippen LogP contribution < -0.4 is 18.9 Å². The first-order chi connectivity index (χ1) is 42.3. The molecule has 454 valence electrons. The number of nitrogens with zero attached hydrogens (tertiary/aromatic N) is 5. The van der Waals surface area contributed by atoms with Crippen LogP contribution in [0.1, 0.15) is 142 Å². The number of hydrogen-bond donors (Lipinski definition) is 2. The first-order valence-corrected chi connectivity index (χ1v) is 32.6. The maximum atomic E-state index is 6.36. The molecule has 0 fully saturated rings. The van der Waals surface area contributed by atoms with Crippen molar-refractivity contribution in [3.05, 3.63) is 144 Å². The van der Waals surface area contributed by atoms with E-state index in [1.54, 1.807) is 0 Å². The predicted octanol–water partition coefficient (Wildman–Crippen LogP) is 18.2. The Morgan fingerprint density at radius 2 is 0.535 bits per heavy atom. The number of unbranched alkanes of at least 4 members (excludes halogenated alkanes) is 7. The van der Waals surface area contributed by atoms with Gasteiger partial charge in [0.2, 0.25) is 0 Å². The van der Waals surface area contributed by atoms with Gasteiger partial charge in [-0.1, -0.05) is 142 Å². The molecule has 2 aliphatic rings. The zero-order valence-corrected chi connectivity index (χ0v) is 52.7. The van der Waals surface area contributed by atoms with E-state index in [0.717, 1.165) is 197 Å². The highest BCUT2D eigenvalue weighted by Crippen LogP contribution is 2.40. The zero-order chi connectivity index (χ0) is 59.9. The quantitative estimate of drug-likeness (QED) is 0.0376. The maximum Gasteiger partial charge on any atom is 0.119 e. The molecular weight excluding hydrogens is 1060 g/mol. The Morgan fingerprint density at radius 3 is 0.791 bits per heavy atom. The van der Waals surface area contributed by atoms with Crippen molar-refractivity contribution >= 4 is 46.4 Å². The third kappa shape index (κ3) is 17.0. The first kappa shape index (κ1) is 63.1. The molecule has 86 heavy (non-hydrogen) atoms. The van der Waals surface area contributed by atoms with Crippen LogP contribution in [0.25, 0.3) is 90.9 Å². The Kier molecular flexibility index (Phi) is 24.1. The van der Waals surface area contributed by atoms with Gasteiger partial charge in [0.25, 0.3) is 0 Å². The van der Waals surface area contributed by atoms with Crippen LogP contribution in [0, 0.1) is 0 Å². The van der Waals surface area contributed by atoms with E-state index in [0.29, 0.717) is 26.4 Å². The normalized spacial score (nSPS) is 12.1. The molecule has 5 heterocycles. The summed E-state index contributed by atoms with van der Waals surface area (Å²) < 4.78 is 25.4. The van der Waals surface area contributed by atoms with E-state index in [-0.39, 0.29) is 0 Å². The molecule has 0 aliphatic carbocycles. The van der Waals surface area contributed by atoms with E-state index in [1.807, 2.05) is 0 Å². The first-order valence-electron chi connectivity index (χ1n) is 32.6. The average Bonchev–Trinajstić information content (AvgIpc) is 2.07. The summed E-state index contributed by atoms with van der Waals surface area (Å²) in [5.74, 6) is 3.41. The minimum Gasteiger partial charge on any atom is -0.494 e. The Labute approximate surface area is 513 Å². The largest absolute Gasteiger partial charge is 0.494 e. The summed E-state index contributed by atoms with van der Waals surface area (Å²) in [6, 6.07) is 42.8. The molecule has 2 aliphatic heterocycles. The lowest BCUT2D eigenvalue weighted by molar-refractivity contribution is 0.249. The maximum absolute atomic E-state index is 6.36. The molecule has 7 aromatic rings. The number of hydrogen-bond acceptors (Lipinski definition) is 9. The van der Waals surface area contributed by atoms with Gasteiger partial charge >= 0.3 is 0 Å². The molecule has 0 saturated heterocycles. The summed E-state index contributed by atoms with van der Waals surface area (Å²) in [6.07, 6.45) is 21.6. The third-order valence-electron chi connectivity index (χ3n) is 16.9. The van der Waals surface area contributed by atoms with Crippen LogP contribution in [0.5, 0.6) is 23.0 Å². The van der Waals surface area contributed by atoms with Crippen LogP contribution in [-0.4, -0.2) is 120 Å². The molecule has 3 aromatic heterocycles. The van der Waals surface area contributed by atoms with Crippen LogP contribution >= 0.6 is 0 Å². The Hall–Kier alpha value is -7.44. The van der Waals surface area contributed by atoms with Gasteiger partial charge in [-0.15, -0.1) is 0 Å². The van der Waals surface area contributed by atoms with E-state index in [2.05, 4.69) is 219 Å².